The van der Waals surface area contributed by atoms with Gasteiger partial charge in [0.1, 0.15) is 5.60 Å². The summed E-state index contributed by atoms with van der Waals surface area (Å²) in [7, 11) is 0. The zero-order valence-electron chi connectivity index (χ0n) is 13.9. The molecule has 3 N–H and O–H groups in total. The molecule has 24 heavy (non-hydrogen) atoms. The zero-order chi connectivity index (χ0) is 17.0. The number of benzene rings is 3. The molecule has 0 aliphatic carbocycles. The maximum atomic E-state index is 12.0. The topological polar surface area (TPSA) is 46.2 Å². The second-order valence-corrected chi connectivity index (χ2v) is 6.13. The van der Waals surface area contributed by atoms with Gasteiger partial charge in [0.2, 0.25) is 0 Å². The van der Waals surface area contributed by atoms with Gasteiger partial charge in [-0.15, -0.1) is 0 Å². The molecule has 2 nitrogen and oxygen atoms in total. The first-order valence-corrected chi connectivity index (χ1v) is 8.30. The summed E-state index contributed by atoms with van der Waals surface area (Å²) in [5.74, 6) is 0. The van der Waals surface area contributed by atoms with Crippen LogP contribution in [0.4, 0.5) is 0 Å². The number of nitrogens with two attached hydrogens (primary N) is 1. The van der Waals surface area contributed by atoms with E-state index < -0.39 is 11.1 Å². The highest BCUT2D eigenvalue weighted by Crippen LogP contribution is 2.45. The minimum Gasteiger partial charge on any atom is -0.378 e. The molecule has 0 spiro atoms. The number of aliphatic hydroxyl groups is 1. The van der Waals surface area contributed by atoms with Crippen molar-refractivity contribution in [3.8, 4) is 0 Å². The maximum absolute atomic E-state index is 12.0. The summed E-state index contributed by atoms with van der Waals surface area (Å²) in [4.78, 5) is 0. The molecule has 0 radical (unpaired) electrons. The summed E-state index contributed by atoms with van der Waals surface area (Å²) in [5.41, 5.74) is 7.15. The van der Waals surface area contributed by atoms with Crippen LogP contribution in [0, 0.1) is 0 Å². The largest absolute Gasteiger partial charge is 0.378 e. The van der Waals surface area contributed by atoms with Gasteiger partial charge in [0, 0.05) is 0 Å². The molecular formula is C22H23NO. The molecule has 1 unspecified atom stereocenters. The maximum Gasteiger partial charge on any atom is 0.137 e. The molecule has 3 aromatic carbocycles. The van der Waals surface area contributed by atoms with Gasteiger partial charge in [0.25, 0.3) is 0 Å². The molecule has 2 heteroatoms. The van der Waals surface area contributed by atoms with E-state index in [1.807, 2.05) is 97.9 Å². The molecule has 0 aliphatic heterocycles. The van der Waals surface area contributed by atoms with E-state index in [1.54, 1.807) is 0 Å². The van der Waals surface area contributed by atoms with E-state index in [1.165, 1.54) is 0 Å². The Kier molecular flexibility index (Phi) is 4.52. The Morgan fingerprint density at radius 2 is 1.00 bits per heavy atom. The van der Waals surface area contributed by atoms with Crippen LogP contribution in [0.2, 0.25) is 0 Å². The van der Waals surface area contributed by atoms with Crippen molar-refractivity contribution in [1.29, 1.82) is 0 Å². The Bertz CT molecular complexity index is 731. The van der Waals surface area contributed by atoms with Gasteiger partial charge in [-0.1, -0.05) is 97.9 Å². The lowest BCUT2D eigenvalue weighted by Crippen LogP contribution is -2.56. The van der Waals surface area contributed by atoms with Crippen molar-refractivity contribution in [2.45, 2.75) is 24.5 Å². The Morgan fingerprint density at radius 3 is 1.33 bits per heavy atom. The predicted octanol–water partition coefficient (Wildman–Crippen LogP) is 4.19. The van der Waals surface area contributed by atoms with Gasteiger partial charge >= 0.3 is 0 Å². The van der Waals surface area contributed by atoms with Crippen LogP contribution in [0.3, 0.4) is 0 Å². The van der Waals surface area contributed by atoms with Gasteiger partial charge in [0.05, 0.1) is 5.54 Å². The Balaban J connectivity index is 2.29. The van der Waals surface area contributed by atoms with Gasteiger partial charge < -0.3 is 10.8 Å². The van der Waals surface area contributed by atoms with Gasteiger partial charge in [-0.05, 0) is 23.1 Å². The fourth-order valence-electron chi connectivity index (χ4n) is 3.44. The number of hydrogen-bond acceptors (Lipinski definition) is 2. The molecule has 0 aliphatic rings. The lowest BCUT2D eigenvalue weighted by molar-refractivity contribution is -0.00911. The Hall–Kier alpha value is -2.42. The first-order valence-electron chi connectivity index (χ1n) is 8.30. The zero-order valence-corrected chi connectivity index (χ0v) is 13.9. The standard InChI is InChI=1S/C22H23NO/c1-2-21(23,18-12-6-3-7-13-18)22(24,19-14-8-4-9-15-19)20-16-10-5-11-17-20/h3-17,24H,2,23H2,1H3. The van der Waals surface area contributed by atoms with E-state index in [-0.39, 0.29) is 0 Å². The molecule has 122 valence electrons. The lowest BCUT2D eigenvalue weighted by Gasteiger charge is -2.45. The monoisotopic (exact) mass is 317 g/mol. The van der Waals surface area contributed by atoms with Crippen LogP contribution in [0.15, 0.2) is 91.0 Å². The molecular weight excluding hydrogens is 294 g/mol. The average molecular weight is 317 g/mol. The van der Waals surface area contributed by atoms with Crippen LogP contribution < -0.4 is 5.73 Å². The smallest absolute Gasteiger partial charge is 0.137 e. The minimum absolute atomic E-state index is 0.595. The third kappa shape index (κ3) is 2.54. The molecule has 0 heterocycles. The summed E-state index contributed by atoms with van der Waals surface area (Å²) < 4.78 is 0. The Morgan fingerprint density at radius 1 is 0.667 bits per heavy atom. The minimum atomic E-state index is -1.33. The fourth-order valence-corrected chi connectivity index (χ4v) is 3.44. The molecule has 0 saturated carbocycles. The number of hydrogen-bond donors (Lipinski definition) is 2. The van der Waals surface area contributed by atoms with Crippen LogP contribution in [0.25, 0.3) is 0 Å². The van der Waals surface area contributed by atoms with Crippen LogP contribution in [-0.2, 0) is 11.1 Å². The number of rotatable bonds is 5. The normalized spacial score (nSPS) is 14.1. The van der Waals surface area contributed by atoms with E-state index >= 15 is 0 Å². The van der Waals surface area contributed by atoms with Crippen molar-refractivity contribution < 1.29 is 5.11 Å². The van der Waals surface area contributed by atoms with E-state index in [2.05, 4.69) is 0 Å². The van der Waals surface area contributed by atoms with Gasteiger partial charge in [-0.2, -0.15) is 0 Å². The summed E-state index contributed by atoms with van der Waals surface area (Å²) in [6, 6.07) is 29.2. The van der Waals surface area contributed by atoms with E-state index in [4.69, 9.17) is 5.73 Å². The van der Waals surface area contributed by atoms with Crippen LogP contribution in [0.1, 0.15) is 30.0 Å². The first kappa shape index (κ1) is 16.4. The van der Waals surface area contributed by atoms with Crippen molar-refractivity contribution in [2.24, 2.45) is 5.73 Å². The molecule has 3 rings (SSSR count). The summed E-state index contributed by atoms with van der Waals surface area (Å²) in [5, 5.41) is 12.0. The van der Waals surface area contributed by atoms with Crippen LogP contribution in [-0.4, -0.2) is 5.11 Å². The predicted molar refractivity (Wildman–Crippen MR) is 98.5 cm³/mol. The molecule has 0 aromatic heterocycles. The Labute approximate surface area is 143 Å². The molecule has 0 amide bonds. The molecule has 1 atom stereocenters. The lowest BCUT2D eigenvalue weighted by atomic mass is 9.66. The summed E-state index contributed by atoms with van der Waals surface area (Å²) in [6.07, 6.45) is 0.595. The van der Waals surface area contributed by atoms with Crippen LogP contribution in [0.5, 0.6) is 0 Å². The van der Waals surface area contributed by atoms with Gasteiger partial charge in [-0.3, -0.25) is 0 Å². The van der Waals surface area contributed by atoms with Crippen molar-refractivity contribution >= 4 is 0 Å². The molecule has 3 aromatic rings. The van der Waals surface area contributed by atoms with Gasteiger partial charge in [0.15, 0.2) is 0 Å². The third-order valence-electron chi connectivity index (χ3n) is 4.88. The first-order chi connectivity index (χ1) is 11.6. The second kappa shape index (κ2) is 6.60. The summed E-state index contributed by atoms with van der Waals surface area (Å²) >= 11 is 0. The van der Waals surface area contributed by atoms with Gasteiger partial charge in [-0.25, -0.2) is 0 Å². The van der Waals surface area contributed by atoms with Crippen molar-refractivity contribution in [2.75, 3.05) is 0 Å². The molecule has 0 fully saturated rings. The van der Waals surface area contributed by atoms with Crippen molar-refractivity contribution in [1.82, 2.24) is 0 Å². The van der Waals surface area contributed by atoms with E-state index in [9.17, 15) is 5.11 Å². The highest BCUT2D eigenvalue weighted by atomic mass is 16.3. The third-order valence-corrected chi connectivity index (χ3v) is 4.88. The van der Waals surface area contributed by atoms with E-state index in [0.29, 0.717) is 6.42 Å². The average Bonchev–Trinajstić information content (AvgIpc) is 2.68. The SMILES string of the molecule is CCC(N)(c1ccccc1)C(O)(c1ccccc1)c1ccccc1. The fraction of sp³-hybridized carbons (Fsp3) is 0.182. The highest BCUT2D eigenvalue weighted by Gasteiger charge is 2.50. The summed E-state index contributed by atoms with van der Waals surface area (Å²) in [6.45, 7) is 2.02. The van der Waals surface area contributed by atoms with Crippen molar-refractivity contribution in [3.05, 3.63) is 108 Å². The quantitative estimate of drug-likeness (QED) is 0.741. The highest BCUT2D eigenvalue weighted by molar-refractivity contribution is 5.44. The van der Waals surface area contributed by atoms with E-state index in [0.717, 1.165) is 16.7 Å². The molecule has 0 saturated heterocycles. The van der Waals surface area contributed by atoms with Crippen molar-refractivity contribution in [3.63, 3.8) is 0 Å². The second-order valence-electron chi connectivity index (χ2n) is 6.13. The molecule has 0 bridgehead atoms. The van der Waals surface area contributed by atoms with Crippen LogP contribution >= 0.6 is 0 Å².